The molecule has 1 aromatic rings. The minimum Gasteiger partial charge on any atom is -0.338 e. The highest BCUT2D eigenvalue weighted by Crippen LogP contribution is 2.19. The average molecular weight is 292 g/mol. The van der Waals surface area contributed by atoms with Gasteiger partial charge in [-0.3, -0.25) is 4.79 Å². The van der Waals surface area contributed by atoms with Crippen molar-refractivity contribution in [2.24, 2.45) is 0 Å². The number of amides is 1. The third-order valence-corrected chi connectivity index (χ3v) is 4.09. The summed E-state index contributed by atoms with van der Waals surface area (Å²) in [5, 5.41) is 0. The lowest BCUT2D eigenvalue weighted by Gasteiger charge is -2.37. The van der Waals surface area contributed by atoms with Crippen LogP contribution in [0.5, 0.6) is 0 Å². The summed E-state index contributed by atoms with van der Waals surface area (Å²) < 4.78 is 13.6. The maximum atomic E-state index is 13.6. The normalized spacial score (nSPS) is 19.0. The van der Waals surface area contributed by atoms with Gasteiger partial charge in [0.2, 0.25) is 5.91 Å². The monoisotopic (exact) mass is 292 g/mol. The van der Waals surface area contributed by atoms with E-state index in [1.54, 1.807) is 12.1 Å². The van der Waals surface area contributed by atoms with Gasteiger partial charge in [0.1, 0.15) is 5.82 Å². The van der Waals surface area contributed by atoms with Gasteiger partial charge in [-0.1, -0.05) is 18.2 Å². The fourth-order valence-electron chi connectivity index (χ4n) is 3.03. The first kappa shape index (κ1) is 16.0. The molecule has 1 atom stereocenters. The average Bonchev–Trinajstić information content (AvgIpc) is 2.46. The quantitative estimate of drug-likeness (QED) is 0.833. The molecule has 0 N–H and O–H groups in total. The van der Waals surface area contributed by atoms with E-state index in [0.29, 0.717) is 24.4 Å². The number of benzene rings is 1. The molecule has 0 saturated carbocycles. The Kier molecular flexibility index (Phi) is 5.74. The summed E-state index contributed by atoms with van der Waals surface area (Å²) in [5.74, 6) is -0.0569. The SMILES string of the molecule is CN(C)C[C@H]1CCCCN1C(=O)CCc1ccccc1F. The second kappa shape index (κ2) is 7.55. The van der Waals surface area contributed by atoms with Crippen LogP contribution in [0.3, 0.4) is 0 Å². The third-order valence-electron chi connectivity index (χ3n) is 4.09. The van der Waals surface area contributed by atoms with Crippen LogP contribution in [0.2, 0.25) is 0 Å². The fourth-order valence-corrected chi connectivity index (χ4v) is 3.03. The van der Waals surface area contributed by atoms with Crippen molar-refractivity contribution in [1.29, 1.82) is 0 Å². The van der Waals surface area contributed by atoms with Gasteiger partial charge in [0.25, 0.3) is 0 Å². The number of likely N-dealkylation sites (tertiary alicyclic amines) is 1. The number of carbonyl (C=O) groups excluding carboxylic acids is 1. The van der Waals surface area contributed by atoms with Crippen molar-refractivity contribution in [1.82, 2.24) is 9.80 Å². The predicted molar refractivity (Wildman–Crippen MR) is 82.6 cm³/mol. The van der Waals surface area contributed by atoms with E-state index in [0.717, 1.165) is 25.9 Å². The maximum Gasteiger partial charge on any atom is 0.223 e. The second-order valence-corrected chi connectivity index (χ2v) is 6.09. The zero-order valence-electron chi connectivity index (χ0n) is 13.0. The molecule has 1 aliphatic heterocycles. The lowest BCUT2D eigenvalue weighted by molar-refractivity contribution is -0.135. The topological polar surface area (TPSA) is 23.6 Å². The number of nitrogens with zero attached hydrogens (tertiary/aromatic N) is 2. The molecule has 2 rings (SSSR count). The van der Waals surface area contributed by atoms with Crippen molar-refractivity contribution in [3.8, 4) is 0 Å². The molecule has 0 aliphatic carbocycles. The van der Waals surface area contributed by atoms with Crippen molar-refractivity contribution >= 4 is 5.91 Å². The maximum absolute atomic E-state index is 13.6. The molecular formula is C17H25FN2O. The van der Waals surface area contributed by atoms with Crippen LogP contribution in [-0.4, -0.2) is 48.9 Å². The molecule has 1 aromatic carbocycles. The molecule has 1 fully saturated rings. The smallest absolute Gasteiger partial charge is 0.223 e. The van der Waals surface area contributed by atoms with Crippen molar-refractivity contribution in [3.63, 3.8) is 0 Å². The number of carbonyl (C=O) groups is 1. The van der Waals surface area contributed by atoms with Crippen LogP contribution < -0.4 is 0 Å². The second-order valence-electron chi connectivity index (χ2n) is 6.09. The van der Waals surface area contributed by atoms with E-state index in [1.165, 1.54) is 12.5 Å². The molecule has 0 unspecified atom stereocenters. The molecule has 0 spiro atoms. The molecule has 1 aliphatic rings. The first-order valence-corrected chi connectivity index (χ1v) is 7.75. The summed E-state index contributed by atoms with van der Waals surface area (Å²) in [6.07, 6.45) is 4.22. The van der Waals surface area contributed by atoms with Gasteiger partial charge in [0.05, 0.1) is 0 Å². The van der Waals surface area contributed by atoms with Crippen molar-refractivity contribution in [2.45, 2.75) is 38.1 Å². The van der Waals surface area contributed by atoms with Crippen molar-refractivity contribution < 1.29 is 9.18 Å². The van der Waals surface area contributed by atoms with Gasteiger partial charge in [0.15, 0.2) is 0 Å². The van der Waals surface area contributed by atoms with Crippen molar-refractivity contribution in [3.05, 3.63) is 35.6 Å². The Hall–Kier alpha value is -1.42. The van der Waals surface area contributed by atoms with E-state index >= 15 is 0 Å². The van der Waals surface area contributed by atoms with Gasteiger partial charge in [-0.15, -0.1) is 0 Å². The van der Waals surface area contributed by atoms with Gasteiger partial charge in [0, 0.05) is 25.6 Å². The number of likely N-dealkylation sites (N-methyl/N-ethyl adjacent to an activating group) is 1. The van der Waals surface area contributed by atoms with Crippen LogP contribution >= 0.6 is 0 Å². The van der Waals surface area contributed by atoms with Crippen LogP contribution in [0.15, 0.2) is 24.3 Å². The molecule has 0 radical (unpaired) electrons. The lowest BCUT2D eigenvalue weighted by Crippen LogP contribution is -2.48. The van der Waals surface area contributed by atoms with Gasteiger partial charge >= 0.3 is 0 Å². The lowest BCUT2D eigenvalue weighted by atomic mass is 10.0. The molecule has 3 nitrogen and oxygen atoms in total. The van der Waals surface area contributed by atoms with E-state index in [-0.39, 0.29) is 11.7 Å². The number of hydrogen-bond acceptors (Lipinski definition) is 2. The number of aryl methyl sites for hydroxylation is 1. The molecule has 4 heteroatoms. The van der Waals surface area contributed by atoms with Gasteiger partial charge < -0.3 is 9.80 Å². The number of hydrogen-bond donors (Lipinski definition) is 0. The first-order valence-electron chi connectivity index (χ1n) is 7.75. The van der Waals surface area contributed by atoms with Gasteiger partial charge in [-0.05, 0) is 51.4 Å². The van der Waals surface area contributed by atoms with Crippen molar-refractivity contribution in [2.75, 3.05) is 27.2 Å². The van der Waals surface area contributed by atoms with E-state index in [2.05, 4.69) is 4.90 Å². The molecule has 1 heterocycles. The summed E-state index contributed by atoms with van der Waals surface area (Å²) >= 11 is 0. The Morgan fingerprint density at radius 2 is 2.10 bits per heavy atom. The molecule has 116 valence electrons. The van der Waals surface area contributed by atoms with Crippen LogP contribution in [0.25, 0.3) is 0 Å². The van der Waals surface area contributed by atoms with Gasteiger partial charge in [-0.2, -0.15) is 0 Å². The molecular weight excluding hydrogens is 267 g/mol. The minimum atomic E-state index is -0.214. The highest BCUT2D eigenvalue weighted by Gasteiger charge is 2.26. The zero-order valence-corrected chi connectivity index (χ0v) is 13.0. The zero-order chi connectivity index (χ0) is 15.2. The summed E-state index contributed by atoms with van der Waals surface area (Å²) in [6.45, 7) is 1.75. The van der Waals surface area contributed by atoms with Crippen LogP contribution in [0.4, 0.5) is 4.39 Å². The standard InChI is InChI=1S/C17H25FN2O/c1-19(2)13-15-8-5-6-12-20(15)17(21)11-10-14-7-3-4-9-16(14)18/h3-4,7,9,15H,5-6,8,10-13H2,1-2H3/t15-/m1/s1. The number of rotatable bonds is 5. The molecule has 0 bridgehead atoms. The Labute approximate surface area is 126 Å². The summed E-state index contributed by atoms with van der Waals surface area (Å²) in [6, 6.07) is 7.02. The van der Waals surface area contributed by atoms with E-state index in [1.807, 2.05) is 25.1 Å². The highest BCUT2D eigenvalue weighted by atomic mass is 19.1. The summed E-state index contributed by atoms with van der Waals surface area (Å²) in [7, 11) is 4.08. The summed E-state index contributed by atoms with van der Waals surface area (Å²) in [5.41, 5.74) is 0.631. The van der Waals surface area contributed by atoms with Crippen LogP contribution in [0.1, 0.15) is 31.2 Å². The minimum absolute atomic E-state index is 0.157. The molecule has 1 amide bonds. The Balaban J connectivity index is 1.93. The van der Waals surface area contributed by atoms with E-state index in [9.17, 15) is 9.18 Å². The first-order chi connectivity index (χ1) is 10.1. The van der Waals surface area contributed by atoms with E-state index in [4.69, 9.17) is 0 Å². The number of piperidine rings is 1. The predicted octanol–water partition coefficient (Wildman–Crippen LogP) is 2.70. The molecule has 21 heavy (non-hydrogen) atoms. The Morgan fingerprint density at radius 3 is 2.81 bits per heavy atom. The summed E-state index contributed by atoms with van der Waals surface area (Å²) in [4.78, 5) is 16.6. The highest BCUT2D eigenvalue weighted by molar-refractivity contribution is 5.77. The van der Waals surface area contributed by atoms with Crippen LogP contribution in [0, 0.1) is 5.82 Å². The number of halogens is 1. The van der Waals surface area contributed by atoms with Gasteiger partial charge in [-0.25, -0.2) is 4.39 Å². The van der Waals surface area contributed by atoms with Crippen LogP contribution in [-0.2, 0) is 11.2 Å². The molecule has 0 aromatic heterocycles. The largest absolute Gasteiger partial charge is 0.338 e. The Bertz CT molecular complexity index is 476. The Morgan fingerprint density at radius 1 is 1.33 bits per heavy atom. The third kappa shape index (κ3) is 4.53. The fraction of sp³-hybridized carbons (Fsp3) is 0.588. The van der Waals surface area contributed by atoms with E-state index < -0.39 is 0 Å². The molecule has 1 saturated heterocycles.